The fourth-order valence-corrected chi connectivity index (χ4v) is 3.04. The molecule has 21 heavy (non-hydrogen) atoms. The summed E-state index contributed by atoms with van der Waals surface area (Å²) in [6.45, 7) is 6.22. The molecule has 1 aromatic heterocycles. The van der Waals surface area contributed by atoms with Gasteiger partial charge in [-0.2, -0.15) is 0 Å². The number of aromatic nitrogens is 1. The zero-order chi connectivity index (χ0) is 14.8. The maximum absolute atomic E-state index is 3.28. The van der Waals surface area contributed by atoms with Crippen LogP contribution in [-0.4, -0.2) is 11.6 Å². The molecule has 3 rings (SSSR count). The summed E-state index contributed by atoms with van der Waals surface area (Å²) in [5.41, 5.74) is 6.80. The largest absolute Gasteiger partial charge is 0.339 e. The molecule has 0 radical (unpaired) electrons. The zero-order valence-corrected chi connectivity index (χ0v) is 13.0. The second-order valence-corrected chi connectivity index (χ2v) is 5.68. The Hall–Kier alpha value is -2.06. The minimum absolute atomic E-state index is 0.889. The summed E-state index contributed by atoms with van der Waals surface area (Å²) in [5.74, 6) is 0. The van der Waals surface area contributed by atoms with Crippen LogP contribution < -0.4 is 5.32 Å². The number of hydrogen-bond donors (Lipinski definition) is 1. The van der Waals surface area contributed by atoms with E-state index in [1.807, 2.05) is 7.05 Å². The Balaban J connectivity index is 2.12. The van der Waals surface area contributed by atoms with Gasteiger partial charge < -0.3 is 9.88 Å². The van der Waals surface area contributed by atoms with E-state index in [4.69, 9.17) is 0 Å². The molecule has 0 amide bonds. The normalized spacial score (nSPS) is 11.2. The zero-order valence-electron chi connectivity index (χ0n) is 13.0. The van der Waals surface area contributed by atoms with Gasteiger partial charge in [0.1, 0.15) is 0 Å². The molecular weight excluding hydrogens is 256 g/mol. The minimum Gasteiger partial charge on any atom is -0.339 e. The predicted octanol–water partition coefficient (Wildman–Crippen LogP) is 4.03. The van der Waals surface area contributed by atoms with Crippen LogP contribution in [0.5, 0.6) is 0 Å². The van der Waals surface area contributed by atoms with E-state index < -0.39 is 0 Å². The van der Waals surface area contributed by atoms with Crippen molar-refractivity contribution < 1.29 is 0 Å². The third-order valence-electron chi connectivity index (χ3n) is 4.21. The molecule has 0 saturated heterocycles. The van der Waals surface area contributed by atoms with Crippen LogP contribution in [0.25, 0.3) is 10.9 Å². The maximum Gasteiger partial charge on any atom is 0.0486 e. The van der Waals surface area contributed by atoms with Crippen LogP contribution in [0, 0.1) is 13.8 Å². The molecule has 0 bridgehead atoms. The van der Waals surface area contributed by atoms with Crippen molar-refractivity contribution in [2.45, 2.75) is 26.9 Å². The summed E-state index contributed by atoms with van der Waals surface area (Å²) in [4.78, 5) is 0. The Labute approximate surface area is 126 Å². The van der Waals surface area contributed by atoms with Crippen molar-refractivity contribution in [3.63, 3.8) is 0 Å². The van der Waals surface area contributed by atoms with Crippen molar-refractivity contribution >= 4 is 10.9 Å². The van der Waals surface area contributed by atoms with Gasteiger partial charge in [0, 0.05) is 24.3 Å². The van der Waals surface area contributed by atoms with Gasteiger partial charge >= 0.3 is 0 Å². The highest BCUT2D eigenvalue weighted by Crippen LogP contribution is 2.23. The predicted molar refractivity (Wildman–Crippen MR) is 89.7 cm³/mol. The molecule has 2 heteroatoms. The summed E-state index contributed by atoms with van der Waals surface area (Å²) >= 11 is 0. The lowest BCUT2D eigenvalue weighted by Crippen LogP contribution is -2.13. The van der Waals surface area contributed by atoms with Crippen LogP contribution in [0.2, 0.25) is 0 Å². The smallest absolute Gasteiger partial charge is 0.0486 e. The molecule has 0 aliphatic rings. The Kier molecular flexibility index (Phi) is 3.80. The SMILES string of the molecule is CNCc1cc2ccccc2n1Cc1c(C)cccc1C. The Morgan fingerprint density at radius 2 is 1.67 bits per heavy atom. The molecule has 3 aromatic rings. The first-order chi connectivity index (χ1) is 10.2. The summed E-state index contributed by atoms with van der Waals surface area (Å²) < 4.78 is 2.43. The maximum atomic E-state index is 3.28. The molecule has 2 aromatic carbocycles. The molecule has 0 aliphatic heterocycles. The van der Waals surface area contributed by atoms with E-state index in [2.05, 4.69) is 72.3 Å². The molecular formula is C19H22N2. The van der Waals surface area contributed by atoms with Crippen LogP contribution in [0.1, 0.15) is 22.4 Å². The van der Waals surface area contributed by atoms with Gasteiger partial charge in [-0.3, -0.25) is 0 Å². The number of nitrogens with one attached hydrogen (secondary N) is 1. The third kappa shape index (κ3) is 2.59. The number of aryl methyl sites for hydroxylation is 2. The highest BCUT2D eigenvalue weighted by Gasteiger charge is 2.10. The monoisotopic (exact) mass is 278 g/mol. The lowest BCUT2D eigenvalue weighted by Gasteiger charge is -2.15. The molecule has 1 N–H and O–H groups in total. The molecule has 0 saturated carbocycles. The van der Waals surface area contributed by atoms with Crippen molar-refractivity contribution in [1.29, 1.82) is 0 Å². The minimum atomic E-state index is 0.889. The Bertz CT molecular complexity index is 748. The molecule has 0 unspecified atom stereocenters. The molecule has 0 fully saturated rings. The summed E-state index contributed by atoms with van der Waals surface area (Å²) in [5, 5.41) is 4.59. The quantitative estimate of drug-likeness (QED) is 0.762. The van der Waals surface area contributed by atoms with Crippen molar-refractivity contribution in [1.82, 2.24) is 9.88 Å². The Morgan fingerprint density at radius 3 is 2.38 bits per heavy atom. The number of benzene rings is 2. The first-order valence-corrected chi connectivity index (χ1v) is 7.47. The van der Waals surface area contributed by atoms with E-state index in [0.29, 0.717) is 0 Å². The molecule has 0 atom stereocenters. The number of hydrogen-bond acceptors (Lipinski definition) is 1. The van der Waals surface area contributed by atoms with Gasteiger partial charge in [-0.05, 0) is 55.1 Å². The van der Waals surface area contributed by atoms with Gasteiger partial charge in [0.25, 0.3) is 0 Å². The molecule has 1 heterocycles. The van der Waals surface area contributed by atoms with E-state index >= 15 is 0 Å². The summed E-state index contributed by atoms with van der Waals surface area (Å²) in [6, 6.07) is 17.5. The van der Waals surface area contributed by atoms with Crippen LogP contribution in [-0.2, 0) is 13.1 Å². The van der Waals surface area contributed by atoms with Gasteiger partial charge in [-0.25, -0.2) is 0 Å². The number of fused-ring (bicyclic) bond motifs is 1. The van der Waals surface area contributed by atoms with Crippen molar-refractivity contribution in [3.8, 4) is 0 Å². The average Bonchev–Trinajstić information content (AvgIpc) is 2.81. The van der Waals surface area contributed by atoms with Crippen molar-refractivity contribution in [2.24, 2.45) is 0 Å². The molecule has 2 nitrogen and oxygen atoms in total. The first-order valence-electron chi connectivity index (χ1n) is 7.47. The second-order valence-electron chi connectivity index (χ2n) is 5.68. The van der Waals surface area contributed by atoms with Crippen LogP contribution in [0.15, 0.2) is 48.5 Å². The fourth-order valence-electron chi connectivity index (χ4n) is 3.04. The lowest BCUT2D eigenvalue weighted by atomic mass is 10.0. The van der Waals surface area contributed by atoms with Crippen LogP contribution in [0.3, 0.4) is 0 Å². The Morgan fingerprint density at radius 1 is 0.952 bits per heavy atom. The lowest BCUT2D eigenvalue weighted by molar-refractivity contribution is 0.705. The van der Waals surface area contributed by atoms with E-state index in [1.54, 1.807) is 0 Å². The van der Waals surface area contributed by atoms with Gasteiger partial charge in [-0.1, -0.05) is 36.4 Å². The third-order valence-corrected chi connectivity index (χ3v) is 4.21. The molecule has 0 spiro atoms. The summed E-state index contributed by atoms with van der Waals surface area (Å²) in [7, 11) is 2.00. The highest BCUT2D eigenvalue weighted by molar-refractivity contribution is 5.81. The van der Waals surface area contributed by atoms with Crippen molar-refractivity contribution in [3.05, 3.63) is 70.9 Å². The number of nitrogens with zero attached hydrogens (tertiary/aromatic N) is 1. The van der Waals surface area contributed by atoms with Gasteiger partial charge in [0.15, 0.2) is 0 Å². The van der Waals surface area contributed by atoms with Gasteiger partial charge in [0.05, 0.1) is 0 Å². The second kappa shape index (κ2) is 5.74. The number of para-hydroxylation sites is 1. The molecule has 0 aliphatic carbocycles. The van der Waals surface area contributed by atoms with Crippen molar-refractivity contribution in [2.75, 3.05) is 7.05 Å². The number of rotatable bonds is 4. The topological polar surface area (TPSA) is 17.0 Å². The van der Waals surface area contributed by atoms with E-state index in [1.165, 1.54) is 33.3 Å². The van der Waals surface area contributed by atoms with E-state index in [9.17, 15) is 0 Å². The standard InChI is InChI=1S/C19H22N2/c1-14-7-6-8-15(2)18(14)13-21-17(12-20-3)11-16-9-4-5-10-19(16)21/h4-11,20H,12-13H2,1-3H3. The van der Waals surface area contributed by atoms with Gasteiger partial charge in [0.2, 0.25) is 0 Å². The molecule has 108 valence electrons. The van der Waals surface area contributed by atoms with Crippen LogP contribution in [0.4, 0.5) is 0 Å². The van der Waals surface area contributed by atoms with Gasteiger partial charge in [-0.15, -0.1) is 0 Å². The average molecular weight is 278 g/mol. The van der Waals surface area contributed by atoms with E-state index in [-0.39, 0.29) is 0 Å². The summed E-state index contributed by atoms with van der Waals surface area (Å²) in [6.07, 6.45) is 0. The first kappa shape index (κ1) is 13.9. The van der Waals surface area contributed by atoms with Crippen LogP contribution >= 0.6 is 0 Å². The highest BCUT2D eigenvalue weighted by atomic mass is 15.0. The fraction of sp³-hybridized carbons (Fsp3) is 0.263. The van der Waals surface area contributed by atoms with E-state index in [0.717, 1.165) is 13.1 Å².